The van der Waals surface area contributed by atoms with Crippen molar-refractivity contribution in [3.05, 3.63) is 33.8 Å². The number of sulfonamides is 1. The van der Waals surface area contributed by atoms with E-state index in [0.717, 1.165) is 0 Å². The molecule has 0 spiro atoms. The third-order valence-corrected chi connectivity index (χ3v) is 5.99. The van der Waals surface area contributed by atoms with Gasteiger partial charge in [-0.15, -0.1) is 0 Å². The molecule has 0 bridgehead atoms. The Balaban J connectivity index is 2.77. The summed E-state index contributed by atoms with van der Waals surface area (Å²) in [6.07, 6.45) is 0.615. The van der Waals surface area contributed by atoms with E-state index in [-0.39, 0.29) is 11.8 Å². The largest absolute Gasteiger partial charge is 0.327 e. The highest BCUT2D eigenvalue weighted by molar-refractivity contribution is 7.88. The van der Waals surface area contributed by atoms with E-state index in [1.165, 1.54) is 4.31 Å². The van der Waals surface area contributed by atoms with Gasteiger partial charge in [0.1, 0.15) is 0 Å². The molecule has 1 atom stereocenters. The second-order valence-electron chi connectivity index (χ2n) is 5.47. The van der Waals surface area contributed by atoms with Crippen LogP contribution in [-0.4, -0.2) is 32.4 Å². The summed E-state index contributed by atoms with van der Waals surface area (Å²) in [4.78, 5) is 0. The Kier molecular flexibility index (Phi) is 6.94. The lowest BCUT2D eigenvalue weighted by atomic mass is 10.0. The van der Waals surface area contributed by atoms with Crippen molar-refractivity contribution in [2.45, 2.75) is 32.1 Å². The van der Waals surface area contributed by atoms with Crippen molar-refractivity contribution in [2.24, 2.45) is 11.7 Å². The van der Waals surface area contributed by atoms with E-state index in [0.29, 0.717) is 34.5 Å². The Morgan fingerprint density at radius 2 is 1.76 bits per heavy atom. The quantitative estimate of drug-likeness (QED) is 0.819. The highest BCUT2D eigenvalue weighted by atomic mass is 35.5. The lowest BCUT2D eigenvalue weighted by Gasteiger charge is -2.21. The van der Waals surface area contributed by atoms with Gasteiger partial charge >= 0.3 is 0 Å². The fourth-order valence-electron chi connectivity index (χ4n) is 1.77. The maximum atomic E-state index is 12.4. The predicted octanol–water partition coefficient (Wildman–Crippen LogP) is 3.13. The van der Waals surface area contributed by atoms with Crippen molar-refractivity contribution in [1.82, 2.24) is 4.31 Å². The average Bonchev–Trinajstić information content (AvgIpc) is 2.39. The van der Waals surface area contributed by atoms with Gasteiger partial charge in [0.25, 0.3) is 0 Å². The summed E-state index contributed by atoms with van der Waals surface area (Å²) < 4.78 is 26.0. The summed E-state index contributed by atoms with van der Waals surface area (Å²) in [7, 11) is -1.92. The molecular formula is C14H22Cl2N2O2S. The van der Waals surface area contributed by atoms with Crippen LogP contribution in [-0.2, 0) is 15.8 Å². The first kappa shape index (κ1) is 18.7. The van der Waals surface area contributed by atoms with Crippen molar-refractivity contribution in [3.63, 3.8) is 0 Å². The molecule has 0 fully saturated rings. The zero-order chi connectivity index (χ0) is 16.2. The first-order valence-corrected chi connectivity index (χ1v) is 9.14. The van der Waals surface area contributed by atoms with Gasteiger partial charge < -0.3 is 5.73 Å². The normalized spacial score (nSPS) is 13.9. The van der Waals surface area contributed by atoms with Crippen LogP contribution in [0.15, 0.2) is 18.2 Å². The van der Waals surface area contributed by atoms with E-state index < -0.39 is 10.0 Å². The lowest BCUT2D eigenvalue weighted by Crippen LogP contribution is -2.35. The van der Waals surface area contributed by atoms with Crippen LogP contribution in [0, 0.1) is 5.92 Å². The van der Waals surface area contributed by atoms with E-state index in [9.17, 15) is 8.42 Å². The molecule has 7 heteroatoms. The van der Waals surface area contributed by atoms with E-state index >= 15 is 0 Å². The molecule has 0 aliphatic carbocycles. The van der Waals surface area contributed by atoms with Crippen LogP contribution in [0.1, 0.15) is 25.8 Å². The number of hydrogen-bond acceptors (Lipinski definition) is 3. The highest BCUT2D eigenvalue weighted by Crippen LogP contribution is 2.27. The lowest BCUT2D eigenvalue weighted by molar-refractivity contribution is 0.397. The third-order valence-electron chi connectivity index (χ3n) is 3.50. The van der Waals surface area contributed by atoms with Crippen LogP contribution in [0.2, 0.25) is 10.0 Å². The van der Waals surface area contributed by atoms with E-state index in [1.807, 2.05) is 13.8 Å². The Hall–Kier alpha value is -0.330. The molecule has 1 unspecified atom stereocenters. The Labute approximate surface area is 137 Å². The number of nitrogens with zero attached hydrogens (tertiary/aromatic N) is 1. The van der Waals surface area contributed by atoms with Crippen LogP contribution >= 0.6 is 23.2 Å². The Bertz CT molecular complexity index is 556. The minimum atomic E-state index is -3.47. The molecule has 2 N–H and O–H groups in total. The molecule has 120 valence electrons. The van der Waals surface area contributed by atoms with Gasteiger partial charge in [0, 0.05) is 35.2 Å². The van der Waals surface area contributed by atoms with Crippen LogP contribution < -0.4 is 5.73 Å². The zero-order valence-corrected chi connectivity index (χ0v) is 14.8. The SMILES string of the molecule is CC(C)C(N)CCN(C)S(=O)(=O)Cc1c(Cl)cccc1Cl. The molecule has 4 nitrogen and oxygen atoms in total. The molecule has 0 saturated carbocycles. The first-order chi connectivity index (χ1) is 9.65. The average molecular weight is 353 g/mol. The van der Waals surface area contributed by atoms with Crippen molar-refractivity contribution in [3.8, 4) is 0 Å². The fraction of sp³-hybridized carbons (Fsp3) is 0.571. The summed E-state index contributed by atoms with van der Waals surface area (Å²) in [6, 6.07) is 4.93. The first-order valence-electron chi connectivity index (χ1n) is 6.77. The Morgan fingerprint density at radius 1 is 1.24 bits per heavy atom. The third kappa shape index (κ3) is 5.42. The summed E-state index contributed by atoms with van der Waals surface area (Å²) in [5.74, 6) is 0.109. The maximum Gasteiger partial charge on any atom is 0.218 e. The van der Waals surface area contributed by atoms with Crippen molar-refractivity contribution < 1.29 is 8.42 Å². The van der Waals surface area contributed by atoms with Gasteiger partial charge in [-0.2, -0.15) is 0 Å². The van der Waals surface area contributed by atoms with E-state index in [4.69, 9.17) is 28.9 Å². The molecule has 1 aromatic rings. The summed E-state index contributed by atoms with van der Waals surface area (Å²) in [6.45, 7) is 4.41. The molecule has 1 rings (SSSR count). The standard InChI is InChI=1S/C14H22Cl2N2O2S/c1-10(2)14(17)7-8-18(3)21(19,20)9-11-12(15)5-4-6-13(11)16/h4-6,10,14H,7-9,17H2,1-3H3. The van der Waals surface area contributed by atoms with Gasteiger partial charge in [-0.05, 0) is 24.5 Å². The number of hydrogen-bond donors (Lipinski definition) is 1. The number of rotatable bonds is 7. The van der Waals surface area contributed by atoms with Gasteiger partial charge in [-0.3, -0.25) is 0 Å². The smallest absolute Gasteiger partial charge is 0.218 e. The molecule has 0 radical (unpaired) electrons. The van der Waals surface area contributed by atoms with Gasteiger partial charge in [0.2, 0.25) is 10.0 Å². The number of halogens is 2. The second kappa shape index (κ2) is 7.79. The van der Waals surface area contributed by atoms with Crippen LogP contribution in [0.3, 0.4) is 0 Å². The molecule has 0 heterocycles. The minimum absolute atomic E-state index is 0.0217. The molecular weight excluding hydrogens is 331 g/mol. The molecule has 1 aromatic carbocycles. The predicted molar refractivity (Wildman–Crippen MR) is 89.1 cm³/mol. The second-order valence-corrected chi connectivity index (χ2v) is 8.36. The fourth-order valence-corrected chi connectivity index (χ4v) is 3.74. The minimum Gasteiger partial charge on any atom is -0.327 e. The molecule has 0 aliphatic rings. The van der Waals surface area contributed by atoms with E-state index in [1.54, 1.807) is 25.2 Å². The molecule has 0 saturated heterocycles. The summed E-state index contributed by atoms with van der Waals surface area (Å²) in [5, 5.41) is 0.719. The van der Waals surface area contributed by atoms with Crippen molar-refractivity contribution in [2.75, 3.05) is 13.6 Å². The van der Waals surface area contributed by atoms with Crippen LogP contribution in [0.5, 0.6) is 0 Å². The monoisotopic (exact) mass is 352 g/mol. The van der Waals surface area contributed by atoms with Crippen molar-refractivity contribution >= 4 is 33.2 Å². The molecule has 0 amide bonds. The van der Waals surface area contributed by atoms with Gasteiger partial charge in [-0.1, -0.05) is 43.1 Å². The number of nitrogens with two attached hydrogens (primary N) is 1. The summed E-state index contributed by atoms with van der Waals surface area (Å²) in [5.41, 5.74) is 6.38. The topological polar surface area (TPSA) is 63.4 Å². The molecule has 21 heavy (non-hydrogen) atoms. The van der Waals surface area contributed by atoms with Crippen molar-refractivity contribution in [1.29, 1.82) is 0 Å². The maximum absolute atomic E-state index is 12.4. The molecule has 0 aromatic heterocycles. The van der Waals surface area contributed by atoms with Gasteiger partial charge in [-0.25, -0.2) is 12.7 Å². The van der Waals surface area contributed by atoms with E-state index in [2.05, 4.69) is 0 Å². The molecule has 0 aliphatic heterocycles. The summed E-state index contributed by atoms with van der Waals surface area (Å²) >= 11 is 12.0. The van der Waals surface area contributed by atoms with Crippen LogP contribution in [0.25, 0.3) is 0 Å². The zero-order valence-electron chi connectivity index (χ0n) is 12.5. The van der Waals surface area contributed by atoms with Gasteiger partial charge in [0.15, 0.2) is 0 Å². The number of benzene rings is 1. The van der Waals surface area contributed by atoms with Gasteiger partial charge in [0.05, 0.1) is 5.75 Å². The Morgan fingerprint density at radius 3 is 2.24 bits per heavy atom. The van der Waals surface area contributed by atoms with Crippen LogP contribution in [0.4, 0.5) is 0 Å². The highest BCUT2D eigenvalue weighted by Gasteiger charge is 2.22.